The fraction of sp³-hybridized carbons (Fsp3) is 0.812. The summed E-state index contributed by atoms with van der Waals surface area (Å²) in [5.41, 5.74) is 1.01. The highest BCUT2D eigenvalue weighted by atomic mass is 16.5. The van der Waals surface area contributed by atoms with E-state index in [0.29, 0.717) is 6.04 Å². The molecule has 0 radical (unpaired) electrons. The average molecular weight is 279 g/mol. The molecule has 2 heterocycles. The number of rotatable bonds is 6. The Labute approximate surface area is 122 Å². The minimum absolute atomic E-state index is 0.478. The molecule has 0 amide bonds. The molecule has 4 nitrogen and oxygen atoms in total. The van der Waals surface area contributed by atoms with E-state index in [2.05, 4.69) is 42.2 Å². The molecule has 1 aliphatic rings. The van der Waals surface area contributed by atoms with Crippen LogP contribution in [-0.4, -0.2) is 29.2 Å². The van der Waals surface area contributed by atoms with Gasteiger partial charge in [-0.2, -0.15) is 0 Å². The summed E-state index contributed by atoms with van der Waals surface area (Å²) in [6, 6.07) is 2.57. The minimum Gasteiger partial charge on any atom is -0.360 e. The van der Waals surface area contributed by atoms with Gasteiger partial charge in [-0.3, -0.25) is 4.90 Å². The van der Waals surface area contributed by atoms with Crippen molar-refractivity contribution in [2.75, 3.05) is 13.1 Å². The first kappa shape index (κ1) is 15.5. The zero-order valence-electron chi connectivity index (χ0n) is 13.2. The van der Waals surface area contributed by atoms with Gasteiger partial charge in [-0.05, 0) is 38.3 Å². The molecule has 1 unspecified atom stereocenters. The molecule has 4 heteroatoms. The number of aromatic nitrogens is 1. The van der Waals surface area contributed by atoms with Crippen LogP contribution in [0.4, 0.5) is 0 Å². The monoisotopic (exact) mass is 279 g/mol. The number of nitrogens with zero attached hydrogens (tertiary/aromatic N) is 2. The van der Waals surface area contributed by atoms with Crippen LogP contribution in [0.2, 0.25) is 0 Å². The largest absolute Gasteiger partial charge is 0.360 e. The normalized spacial score (nSPS) is 21.3. The third kappa shape index (κ3) is 4.91. The molecule has 1 atom stereocenters. The highest BCUT2D eigenvalue weighted by molar-refractivity contribution is 5.05. The molecular weight excluding hydrogens is 250 g/mol. The van der Waals surface area contributed by atoms with E-state index in [4.69, 9.17) is 4.52 Å². The second-order valence-corrected chi connectivity index (χ2v) is 6.30. The van der Waals surface area contributed by atoms with Crippen LogP contribution >= 0.6 is 0 Å². The smallest absolute Gasteiger partial charge is 0.151 e. The van der Waals surface area contributed by atoms with Gasteiger partial charge in [0.15, 0.2) is 5.76 Å². The summed E-state index contributed by atoms with van der Waals surface area (Å²) >= 11 is 0. The highest BCUT2D eigenvalue weighted by Gasteiger charge is 2.17. The molecule has 114 valence electrons. The standard InChI is InChI=1S/C16H29N3O/c1-4-14-6-5-8-19(9-7-14)12-16-10-15(18-20-16)11-17-13(2)3/h10,13-14,17H,4-9,11-12H2,1-3H3. The van der Waals surface area contributed by atoms with Crippen LogP contribution in [-0.2, 0) is 13.1 Å². The molecule has 0 aromatic carbocycles. The van der Waals surface area contributed by atoms with Gasteiger partial charge in [0.1, 0.15) is 0 Å². The van der Waals surface area contributed by atoms with E-state index in [1.807, 2.05) is 0 Å². The van der Waals surface area contributed by atoms with Crippen molar-refractivity contribution in [1.29, 1.82) is 0 Å². The lowest BCUT2D eigenvalue weighted by molar-refractivity contribution is 0.235. The molecule has 0 bridgehead atoms. The summed E-state index contributed by atoms with van der Waals surface area (Å²) < 4.78 is 5.46. The topological polar surface area (TPSA) is 41.3 Å². The van der Waals surface area contributed by atoms with E-state index >= 15 is 0 Å². The second kappa shape index (κ2) is 7.79. The predicted molar refractivity (Wildman–Crippen MR) is 81.4 cm³/mol. The van der Waals surface area contributed by atoms with Crippen LogP contribution in [0.25, 0.3) is 0 Å². The lowest BCUT2D eigenvalue weighted by atomic mass is 9.98. The van der Waals surface area contributed by atoms with E-state index in [1.54, 1.807) is 0 Å². The van der Waals surface area contributed by atoms with Crippen molar-refractivity contribution in [3.05, 3.63) is 17.5 Å². The first-order valence-electron chi connectivity index (χ1n) is 8.07. The van der Waals surface area contributed by atoms with Crippen molar-refractivity contribution >= 4 is 0 Å². The van der Waals surface area contributed by atoms with Crippen LogP contribution in [0.1, 0.15) is 57.9 Å². The summed E-state index contributed by atoms with van der Waals surface area (Å²) in [4.78, 5) is 2.51. The Morgan fingerprint density at radius 3 is 3.00 bits per heavy atom. The van der Waals surface area contributed by atoms with Crippen LogP contribution in [0, 0.1) is 5.92 Å². The average Bonchev–Trinajstić information content (AvgIpc) is 2.74. The van der Waals surface area contributed by atoms with Crippen molar-refractivity contribution in [1.82, 2.24) is 15.4 Å². The molecule has 1 aromatic rings. The molecular formula is C16H29N3O. The molecule has 1 aromatic heterocycles. The van der Waals surface area contributed by atoms with Crippen molar-refractivity contribution in [2.24, 2.45) is 5.92 Å². The molecule has 1 aliphatic heterocycles. The first-order chi connectivity index (χ1) is 9.67. The van der Waals surface area contributed by atoms with E-state index < -0.39 is 0 Å². The van der Waals surface area contributed by atoms with Gasteiger partial charge in [-0.1, -0.05) is 32.3 Å². The summed E-state index contributed by atoms with van der Waals surface area (Å²) in [5, 5.41) is 7.51. The summed E-state index contributed by atoms with van der Waals surface area (Å²) in [7, 11) is 0. The summed E-state index contributed by atoms with van der Waals surface area (Å²) in [5.74, 6) is 1.92. The summed E-state index contributed by atoms with van der Waals surface area (Å²) in [6.45, 7) is 10.7. The van der Waals surface area contributed by atoms with E-state index in [9.17, 15) is 0 Å². The van der Waals surface area contributed by atoms with E-state index in [1.165, 1.54) is 38.8 Å². The Bertz CT molecular complexity index is 389. The number of hydrogen-bond acceptors (Lipinski definition) is 4. The molecule has 0 saturated carbocycles. The molecule has 0 spiro atoms. The second-order valence-electron chi connectivity index (χ2n) is 6.30. The lowest BCUT2D eigenvalue weighted by Gasteiger charge is -2.18. The van der Waals surface area contributed by atoms with Gasteiger partial charge in [0.2, 0.25) is 0 Å². The molecule has 2 rings (SSSR count). The van der Waals surface area contributed by atoms with Gasteiger partial charge >= 0.3 is 0 Å². The van der Waals surface area contributed by atoms with Gasteiger partial charge in [0, 0.05) is 18.7 Å². The molecule has 1 fully saturated rings. The zero-order chi connectivity index (χ0) is 14.4. The maximum Gasteiger partial charge on any atom is 0.151 e. The Hall–Kier alpha value is -0.870. The first-order valence-corrected chi connectivity index (χ1v) is 8.07. The third-order valence-corrected chi connectivity index (χ3v) is 4.20. The van der Waals surface area contributed by atoms with E-state index in [0.717, 1.165) is 30.5 Å². The van der Waals surface area contributed by atoms with Gasteiger partial charge < -0.3 is 9.84 Å². The number of hydrogen-bond donors (Lipinski definition) is 1. The fourth-order valence-corrected chi connectivity index (χ4v) is 2.83. The molecule has 0 aliphatic carbocycles. The van der Waals surface area contributed by atoms with Crippen LogP contribution in [0.15, 0.2) is 10.6 Å². The summed E-state index contributed by atoms with van der Waals surface area (Å²) in [6.07, 6.45) is 5.34. The molecule has 20 heavy (non-hydrogen) atoms. The maximum absolute atomic E-state index is 5.46. The van der Waals surface area contributed by atoms with E-state index in [-0.39, 0.29) is 0 Å². The van der Waals surface area contributed by atoms with Gasteiger partial charge in [-0.25, -0.2) is 0 Å². The van der Waals surface area contributed by atoms with Crippen molar-refractivity contribution in [3.8, 4) is 0 Å². The Balaban J connectivity index is 1.80. The SMILES string of the molecule is CCC1CCCN(Cc2cc(CNC(C)C)no2)CC1. The van der Waals surface area contributed by atoms with Gasteiger partial charge in [0.25, 0.3) is 0 Å². The predicted octanol–water partition coefficient (Wildman–Crippen LogP) is 3.18. The highest BCUT2D eigenvalue weighted by Crippen LogP contribution is 2.21. The minimum atomic E-state index is 0.478. The number of nitrogens with one attached hydrogen (secondary N) is 1. The number of likely N-dealkylation sites (tertiary alicyclic amines) is 1. The van der Waals surface area contributed by atoms with Crippen molar-refractivity contribution in [3.63, 3.8) is 0 Å². The fourth-order valence-electron chi connectivity index (χ4n) is 2.83. The van der Waals surface area contributed by atoms with Crippen LogP contribution in [0.3, 0.4) is 0 Å². The quantitative estimate of drug-likeness (QED) is 0.868. The van der Waals surface area contributed by atoms with Gasteiger partial charge in [0.05, 0.1) is 12.2 Å². The van der Waals surface area contributed by atoms with Crippen molar-refractivity contribution in [2.45, 2.75) is 65.6 Å². The lowest BCUT2D eigenvalue weighted by Crippen LogP contribution is -2.24. The maximum atomic E-state index is 5.46. The van der Waals surface area contributed by atoms with Crippen LogP contribution < -0.4 is 5.32 Å². The third-order valence-electron chi connectivity index (χ3n) is 4.20. The van der Waals surface area contributed by atoms with Crippen molar-refractivity contribution < 1.29 is 4.52 Å². The molecule has 1 saturated heterocycles. The van der Waals surface area contributed by atoms with Crippen LogP contribution in [0.5, 0.6) is 0 Å². The Kier molecular flexibility index (Phi) is 6.05. The Morgan fingerprint density at radius 1 is 1.40 bits per heavy atom. The van der Waals surface area contributed by atoms with Gasteiger partial charge in [-0.15, -0.1) is 0 Å². The molecule has 1 N–H and O–H groups in total. The zero-order valence-corrected chi connectivity index (χ0v) is 13.2. The Morgan fingerprint density at radius 2 is 2.25 bits per heavy atom.